The Morgan fingerprint density at radius 1 is 1.20 bits per heavy atom. The number of nitrogens with zero attached hydrogens (tertiary/aromatic N) is 2. The molecule has 2 N–H and O–H groups in total. The minimum atomic E-state index is -3.85. The van der Waals surface area contributed by atoms with Gasteiger partial charge in [0, 0.05) is 32.1 Å². The number of nitrogens with one attached hydrogen (secondary N) is 1. The van der Waals surface area contributed by atoms with Gasteiger partial charge in [-0.25, -0.2) is 13.9 Å². The van der Waals surface area contributed by atoms with Crippen molar-refractivity contribution in [1.82, 2.24) is 14.6 Å². The topological polar surface area (TPSA) is 127 Å². The molecule has 0 bridgehead atoms. The monoisotopic (exact) mass is 451 g/mol. The van der Waals surface area contributed by atoms with Crippen LogP contribution in [0.15, 0.2) is 46.1 Å². The zero-order valence-corrected chi connectivity index (χ0v) is 18.2. The summed E-state index contributed by atoms with van der Waals surface area (Å²) in [5.74, 6) is -1.05. The summed E-state index contributed by atoms with van der Waals surface area (Å²) in [5.41, 5.74) is 3.25. The van der Waals surface area contributed by atoms with Crippen LogP contribution in [-0.2, 0) is 28.2 Å². The smallest absolute Gasteiger partial charge is 0.307 e. The number of hydroxylamine groups is 1. The average molecular weight is 452 g/mol. The number of hydrogen-bond acceptors (Lipinski definition) is 7. The lowest BCUT2D eigenvalue weighted by Gasteiger charge is -2.25. The van der Waals surface area contributed by atoms with Crippen LogP contribution in [0.3, 0.4) is 0 Å². The molecule has 0 aliphatic heterocycles. The van der Waals surface area contributed by atoms with Crippen LogP contribution in [0.5, 0.6) is 0 Å². The first kappa shape index (κ1) is 21.9. The molecule has 1 atom stereocenters. The summed E-state index contributed by atoms with van der Waals surface area (Å²) >= 11 is 1.12. The molecule has 160 valence electrons. The van der Waals surface area contributed by atoms with Gasteiger partial charge in [-0.15, -0.1) is 0 Å². The number of amides is 1. The molecule has 0 saturated carbocycles. The Labute approximate surface area is 176 Å². The summed E-state index contributed by atoms with van der Waals surface area (Å²) in [4.78, 5) is 36.2. The molecule has 11 heteroatoms. The minimum Gasteiger partial charge on any atom is -0.315 e. The Morgan fingerprint density at radius 3 is 2.47 bits per heavy atom. The highest BCUT2D eigenvalue weighted by molar-refractivity contribution is 7.92. The average Bonchev–Trinajstić information content (AvgIpc) is 2.98. The molecule has 0 spiro atoms. The van der Waals surface area contributed by atoms with Gasteiger partial charge in [-0.2, -0.15) is 0 Å². The van der Waals surface area contributed by atoms with Crippen LogP contribution in [-0.4, -0.2) is 39.7 Å². The number of rotatable bonds is 6. The van der Waals surface area contributed by atoms with E-state index in [1.54, 1.807) is 17.7 Å². The number of carbonyl (C=O) groups excluding carboxylic acids is 1. The van der Waals surface area contributed by atoms with Crippen LogP contribution < -0.4 is 15.9 Å². The lowest BCUT2D eigenvalue weighted by molar-refractivity contribution is -0.131. The lowest BCUT2D eigenvalue weighted by Crippen LogP contribution is -2.49. The van der Waals surface area contributed by atoms with Gasteiger partial charge in [0.25, 0.3) is 11.5 Å². The number of benzene rings is 1. The van der Waals surface area contributed by atoms with Crippen molar-refractivity contribution < 1.29 is 18.4 Å². The number of carbonyl (C=O) groups is 1. The van der Waals surface area contributed by atoms with Gasteiger partial charge >= 0.3 is 4.87 Å². The van der Waals surface area contributed by atoms with Crippen molar-refractivity contribution in [3.8, 4) is 11.1 Å². The number of hydrogen-bond donors (Lipinski definition) is 2. The van der Waals surface area contributed by atoms with E-state index in [0.717, 1.165) is 33.4 Å². The van der Waals surface area contributed by atoms with Gasteiger partial charge < -0.3 is 9.13 Å². The van der Waals surface area contributed by atoms with E-state index in [0.29, 0.717) is 5.56 Å². The van der Waals surface area contributed by atoms with Crippen molar-refractivity contribution in [3.05, 3.63) is 56.5 Å². The maximum Gasteiger partial charge on any atom is 0.307 e. The standard InChI is InChI=1S/C19H21N3O6S2/c1-19(17(24)20-26,30(3,27)28)7-9-22-8-6-13(11-16(22)23)12-4-5-14-15(10-12)29-18(25)21(14)2/h4-6,8,10-11,26H,7,9H2,1-3H3,(H,20,24)/t19-/m1/s1. The van der Waals surface area contributed by atoms with Crippen molar-refractivity contribution in [2.75, 3.05) is 6.26 Å². The fourth-order valence-electron chi connectivity index (χ4n) is 3.10. The van der Waals surface area contributed by atoms with Crippen LogP contribution in [0.25, 0.3) is 21.3 Å². The second-order valence-electron chi connectivity index (χ2n) is 7.25. The van der Waals surface area contributed by atoms with Crippen molar-refractivity contribution in [2.24, 2.45) is 7.05 Å². The van der Waals surface area contributed by atoms with Gasteiger partial charge in [0.1, 0.15) is 0 Å². The number of sulfone groups is 1. The maximum atomic E-state index is 12.6. The molecule has 0 fully saturated rings. The second-order valence-corrected chi connectivity index (χ2v) is 10.7. The Kier molecular flexibility index (Phi) is 5.72. The predicted molar refractivity (Wildman–Crippen MR) is 115 cm³/mol. The van der Waals surface area contributed by atoms with Crippen LogP contribution in [0.4, 0.5) is 0 Å². The molecular formula is C19H21N3O6S2. The van der Waals surface area contributed by atoms with E-state index < -0.39 is 20.5 Å². The molecule has 1 aromatic carbocycles. The summed E-state index contributed by atoms with van der Waals surface area (Å²) in [6.07, 6.45) is 2.23. The fourth-order valence-corrected chi connectivity index (χ4v) is 4.87. The van der Waals surface area contributed by atoms with E-state index in [2.05, 4.69) is 0 Å². The molecule has 2 heterocycles. The quantitative estimate of drug-likeness (QED) is 0.427. The molecule has 3 aromatic rings. The minimum absolute atomic E-state index is 0.0323. The highest BCUT2D eigenvalue weighted by Crippen LogP contribution is 2.25. The van der Waals surface area contributed by atoms with E-state index in [4.69, 9.17) is 5.21 Å². The van der Waals surface area contributed by atoms with E-state index in [-0.39, 0.29) is 23.4 Å². The first-order chi connectivity index (χ1) is 14.0. The molecular weight excluding hydrogens is 430 g/mol. The fraction of sp³-hybridized carbons (Fsp3) is 0.316. The number of aromatic nitrogens is 2. The Hall–Kier alpha value is -2.76. The van der Waals surface area contributed by atoms with Crippen molar-refractivity contribution in [2.45, 2.75) is 24.6 Å². The normalized spacial score (nSPS) is 13.9. The lowest BCUT2D eigenvalue weighted by atomic mass is 10.1. The number of thiazole rings is 1. The SMILES string of the molecule is Cn1c(=O)sc2cc(-c3ccn(CC[C@](C)(C(=O)NO)S(C)(=O)=O)c(=O)c3)ccc21. The van der Waals surface area contributed by atoms with Gasteiger partial charge in [-0.05, 0) is 42.7 Å². The zero-order chi connectivity index (χ0) is 22.3. The first-order valence-electron chi connectivity index (χ1n) is 8.92. The highest BCUT2D eigenvalue weighted by atomic mass is 32.2. The third-order valence-electron chi connectivity index (χ3n) is 5.35. The summed E-state index contributed by atoms with van der Waals surface area (Å²) in [5, 5.41) is 8.89. The largest absolute Gasteiger partial charge is 0.315 e. The molecule has 1 amide bonds. The third-order valence-corrected chi connectivity index (χ3v) is 8.37. The molecule has 0 radical (unpaired) electrons. The van der Waals surface area contributed by atoms with E-state index >= 15 is 0 Å². The molecule has 9 nitrogen and oxygen atoms in total. The summed E-state index contributed by atoms with van der Waals surface area (Å²) in [6.45, 7) is 1.17. The maximum absolute atomic E-state index is 12.6. The number of pyridine rings is 1. The predicted octanol–water partition coefficient (Wildman–Crippen LogP) is 1.13. The molecule has 30 heavy (non-hydrogen) atoms. The number of fused-ring (bicyclic) bond motifs is 1. The summed E-state index contributed by atoms with van der Waals surface area (Å²) in [7, 11) is -2.15. The Balaban J connectivity index is 1.90. The first-order valence-corrected chi connectivity index (χ1v) is 11.6. The van der Waals surface area contributed by atoms with Gasteiger partial charge in [0.2, 0.25) is 0 Å². The van der Waals surface area contributed by atoms with Crippen LogP contribution >= 0.6 is 11.3 Å². The van der Waals surface area contributed by atoms with Gasteiger partial charge in [0.05, 0.1) is 10.2 Å². The highest BCUT2D eigenvalue weighted by Gasteiger charge is 2.43. The molecule has 0 saturated heterocycles. The van der Waals surface area contributed by atoms with Crippen molar-refractivity contribution in [3.63, 3.8) is 0 Å². The van der Waals surface area contributed by atoms with Gasteiger partial charge in [0.15, 0.2) is 14.6 Å². The molecule has 0 unspecified atom stereocenters. The summed E-state index contributed by atoms with van der Waals surface area (Å²) in [6, 6.07) is 8.60. The Morgan fingerprint density at radius 2 is 1.87 bits per heavy atom. The zero-order valence-electron chi connectivity index (χ0n) is 16.6. The van der Waals surface area contributed by atoms with Crippen molar-refractivity contribution >= 4 is 37.3 Å². The molecule has 3 rings (SSSR count). The van der Waals surface area contributed by atoms with E-state index in [1.807, 2.05) is 18.2 Å². The van der Waals surface area contributed by atoms with Crippen LogP contribution in [0.2, 0.25) is 0 Å². The molecule has 2 aromatic heterocycles. The van der Waals surface area contributed by atoms with Crippen LogP contribution in [0, 0.1) is 0 Å². The van der Waals surface area contributed by atoms with Crippen LogP contribution in [0.1, 0.15) is 13.3 Å². The Bertz CT molecular complexity index is 1350. The van der Waals surface area contributed by atoms with Gasteiger partial charge in [-0.1, -0.05) is 17.4 Å². The van der Waals surface area contributed by atoms with Crippen molar-refractivity contribution in [1.29, 1.82) is 0 Å². The third kappa shape index (κ3) is 3.83. The summed E-state index contributed by atoms with van der Waals surface area (Å²) < 4.78 is 25.9. The molecule has 0 aliphatic carbocycles. The van der Waals surface area contributed by atoms with Gasteiger partial charge in [-0.3, -0.25) is 19.6 Å². The second kappa shape index (κ2) is 7.82. The molecule has 0 aliphatic rings. The number of aryl methyl sites for hydroxylation is 2. The van der Waals surface area contributed by atoms with E-state index in [9.17, 15) is 22.8 Å². The van der Waals surface area contributed by atoms with E-state index in [1.165, 1.54) is 29.2 Å².